The number of para-hydroxylation sites is 1. The maximum atomic E-state index is 13.2. The molecular weight excluding hydrogens is 472 g/mol. The highest BCUT2D eigenvalue weighted by atomic mass is 32.2. The molecule has 184 valence electrons. The van der Waals surface area contributed by atoms with E-state index in [4.69, 9.17) is 0 Å². The number of aromatic nitrogens is 1. The Morgan fingerprint density at radius 1 is 0.861 bits per heavy atom. The second-order valence-electron chi connectivity index (χ2n) is 8.55. The van der Waals surface area contributed by atoms with Crippen molar-refractivity contribution in [3.05, 3.63) is 119 Å². The highest BCUT2D eigenvalue weighted by Gasteiger charge is 2.19. The number of pyridine rings is 1. The van der Waals surface area contributed by atoms with Gasteiger partial charge < -0.3 is 10.6 Å². The SMILES string of the molecule is Cc1ccc(C)c(CNc2cc(C(=O)NCc3cccnc3)cc(S(=O)(=O)Nc3ccccc3)c2)c1. The second kappa shape index (κ2) is 11.0. The monoisotopic (exact) mass is 500 g/mol. The van der Waals surface area contributed by atoms with Gasteiger partial charge in [-0.15, -0.1) is 0 Å². The molecule has 0 saturated carbocycles. The molecule has 0 atom stereocenters. The third kappa shape index (κ3) is 6.49. The maximum absolute atomic E-state index is 13.2. The first-order chi connectivity index (χ1) is 17.3. The van der Waals surface area contributed by atoms with Crippen molar-refractivity contribution >= 4 is 27.3 Å². The van der Waals surface area contributed by atoms with E-state index in [1.54, 1.807) is 54.9 Å². The lowest BCUT2D eigenvalue weighted by Crippen LogP contribution is -2.23. The summed E-state index contributed by atoms with van der Waals surface area (Å²) in [6, 6.07) is 23.0. The third-order valence-corrected chi connectivity index (χ3v) is 7.03. The van der Waals surface area contributed by atoms with Crippen molar-refractivity contribution in [1.29, 1.82) is 0 Å². The van der Waals surface area contributed by atoms with Crippen LogP contribution in [0.15, 0.2) is 96.2 Å². The van der Waals surface area contributed by atoms with Crippen LogP contribution in [0.3, 0.4) is 0 Å². The molecule has 3 aromatic carbocycles. The summed E-state index contributed by atoms with van der Waals surface area (Å²) < 4.78 is 29.0. The van der Waals surface area contributed by atoms with Crippen LogP contribution in [0.1, 0.15) is 32.6 Å². The molecule has 1 heterocycles. The number of nitrogens with one attached hydrogen (secondary N) is 3. The molecule has 0 unspecified atom stereocenters. The molecule has 1 amide bonds. The van der Waals surface area contributed by atoms with Crippen molar-refractivity contribution in [2.75, 3.05) is 10.0 Å². The highest BCUT2D eigenvalue weighted by molar-refractivity contribution is 7.92. The molecule has 36 heavy (non-hydrogen) atoms. The predicted octanol–water partition coefficient (Wildman–Crippen LogP) is 5.04. The minimum Gasteiger partial charge on any atom is -0.381 e. The highest BCUT2D eigenvalue weighted by Crippen LogP contribution is 2.23. The average Bonchev–Trinajstić information content (AvgIpc) is 2.88. The van der Waals surface area contributed by atoms with Gasteiger partial charge in [-0.25, -0.2) is 8.42 Å². The predicted molar refractivity (Wildman–Crippen MR) is 142 cm³/mol. The average molecular weight is 501 g/mol. The first kappa shape index (κ1) is 24.9. The number of hydrogen-bond acceptors (Lipinski definition) is 5. The molecule has 0 aliphatic carbocycles. The van der Waals surface area contributed by atoms with Crippen LogP contribution in [0.25, 0.3) is 0 Å². The van der Waals surface area contributed by atoms with Gasteiger partial charge in [-0.05, 0) is 66.9 Å². The van der Waals surface area contributed by atoms with Crippen LogP contribution in [-0.4, -0.2) is 19.3 Å². The van der Waals surface area contributed by atoms with E-state index in [9.17, 15) is 13.2 Å². The third-order valence-electron chi connectivity index (χ3n) is 5.67. The number of amides is 1. The Balaban J connectivity index is 1.62. The Bertz CT molecular complexity index is 1460. The van der Waals surface area contributed by atoms with Gasteiger partial charge in [-0.3, -0.25) is 14.5 Å². The molecule has 3 N–H and O–H groups in total. The van der Waals surface area contributed by atoms with Crippen molar-refractivity contribution in [3.8, 4) is 0 Å². The largest absolute Gasteiger partial charge is 0.381 e. The zero-order chi connectivity index (χ0) is 25.5. The minimum atomic E-state index is -3.94. The summed E-state index contributed by atoms with van der Waals surface area (Å²) in [5.41, 5.74) is 5.39. The molecule has 0 aliphatic heterocycles. The lowest BCUT2D eigenvalue weighted by molar-refractivity contribution is 0.0950. The van der Waals surface area contributed by atoms with Gasteiger partial charge in [0.15, 0.2) is 0 Å². The Kier molecular flexibility index (Phi) is 7.65. The van der Waals surface area contributed by atoms with E-state index in [-0.39, 0.29) is 22.9 Å². The summed E-state index contributed by atoms with van der Waals surface area (Å²) in [6.07, 6.45) is 3.33. The first-order valence-electron chi connectivity index (χ1n) is 11.5. The van der Waals surface area contributed by atoms with Crippen molar-refractivity contribution in [1.82, 2.24) is 10.3 Å². The van der Waals surface area contributed by atoms with Crippen molar-refractivity contribution in [3.63, 3.8) is 0 Å². The van der Waals surface area contributed by atoms with Crippen LogP contribution in [-0.2, 0) is 23.1 Å². The molecule has 0 fully saturated rings. The zero-order valence-corrected chi connectivity index (χ0v) is 21.0. The summed E-state index contributed by atoms with van der Waals surface area (Å²) >= 11 is 0. The Labute approximate surface area is 211 Å². The van der Waals surface area contributed by atoms with E-state index in [1.807, 2.05) is 32.0 Å². The summed E-state index contributed by atoms with van der Waals surface area (Å²) in [6.45, 7) is 4.81. The smallest absolute Gasteiger partial charge is 0.261 e. The molecule has 0 saturated heterocycles. The summed E-state index contributed by atoms with van der Waals surface area (Å²) in [5.74, 6) is -0.384. The fraction of sp³-hybridized carbons (Fsp3) is 0.143. The molecule has 1 aromatic heterocycles. The van der Waals surface area contributed by atoms with Gasteiger partial charge in [-0.2, -0.15) is 0 Å². The van der Waals surface area contributed by atoms with E-state index in [1.165, 1.54) is 12.1 Å². The summed E-state index contributed by atoms with van der Waals surface area (Å²) in [7, 11) is -3.94. The summed E-state index contributed by atoms with van der Waals surface area (Å²) in [5, 5.41) is 6.13. The fourth-order valence-corrected chi connectivity index (χ4v) is 4.81. The number of sulfonamides is 1. The second-order valence-corrected chi connectivity index (χ2v) is 10.2. The lowest BCUT2D eigenvalue weighted by Gasteiger charge is -2.15. The normalized spacial score (nSPS) is 11.1. The van der Waals surface area contributed by atoms with Crippen molar-refractivity contribution in [2.45, 2.75) is 31.8 Å². The Hall–Kier alpha value is -4.17. The topological polar surface area (TPSA) is 100 Å². The van der Waals surface area contributed by atoms with Crippen LogP contribution in [0.4, 0.5) is 11.4 Å². The van der Waals surface area contributed by atoms with Gasteiger partial charge >= 0.3 is 0 Å². The first-order valence-corrected chi connectivity index (χ1v) is 13.0. The van der Waals surface area contributed by atoms with E-state index < -0.39 is 10.0 Å². The van der Waals surface area contributed by atoms with Crippen LogP contribution >= 0.6 is 0 Å². The fourth-order valence-electron chi connectivity index (χ4n) is 3.68. The Morgan fingerprint density at radius 3 is 2.42 bits per heavy atom. The number of aryl methyl sites for hydroxylation is 2. The number of anilines is 2. The van der Waals surface area contributed by atoms with Gasteiger partial charge in [0.2, 0.25) is 0 Å². The van der Waals surface area contributed by atoms with Crippen LogP contribution in [0.2, 0.25) is 0 Å². The van der Waals surface area contributed by atoms with Gasteiger partial charge in [-0.1, -0.05) is 48.0 Å². The number of benzene rings is 3. The zero-order valence-electron chi connectivity index (χ0n) is 20.2. The minimum absolute atomic E-state index is 0.0103. The van der Waals surface area contributed by atoms with Gasteiger partial charge in [0.25, 0.3) is 15.9 Å². The van der Waals surface area contributed by atoms with E-state index in [2.05, 4.69) is 26.4 Å². The van der Waals surface area contributed by atoms with E-state index in [0.717, 1.165) is 22.3 Å². The molecular formula is C28H28N4O3S. The molecule has 0 aliphatic rings. The molecule has 7 nitrogen and oxygen atoms in total. The molecule has 0 radical (unpaired) electrons. The molecule has 0 bridgehead atoms. The van der Waals surface area contributed by atoms with Gasteiger partial charge in [0, 0.05) is 42.4 Å². The Morgan fingerprint density at radius 2 is 1.67 bits per heavy atom. The molecule has 0 spiro atoms. The van der Waals surface area contributed by atoms with Crippen LogP contribution in [0.5, 0.6) is 0 Å². The number of rotatable bonds is 9. The quantitative estimate of drug-likeness (QED) is 0.299. The number of nitrogens with zero attached hydrogens (tertiary/aromatic N) is 1. The van der Waals surface area contributed by atoms with E-state index in [0.29, 0.717) is 17.9 Å². The molecule has 4 rings (SSSR count). The summed E-state index contributed by atoms with van der Waals surface area (Å²) in [4.78, 5) is 17.0. The standard InChI is InChI=1S/C28H28N4O3S/c1-20-10-11-21(2)24(13-20)19-30-26-14-23(28(33)31-18-22-7-6-12-29-17-22)15-27(16-26)36(34,35)32-25-8-4-3-5-9-25/h3-17,30,32H,18-19H2,1-2H3,(H,31,33). The molecule has 8 heteroatoms. The van der Waals surface area contributed by atoms with E-state index >= 15 is 0 Å². The number of carbonyl (C=O) groups is 1. The lowest BCUT2D eigenvalue weighted by atomic mass is 10.1. The van der Waals surface area contributed by atoms with Gasteiger partial charge in [0.1, 0.15) is 0 Å². The van der Waals surface area contributed by atoms with Crippen LogP contribution in [0, 0.1) is 13.8 Å². The maximum Gasteiger partial charge on any atom is 0.261 e. The number of hydrogen-bond donors (Lipinski definition) is 3. The van der Waals surface area contributed by atoms with Crippen molar-refractivity contribution in [2.24, 2.45) is 0 Å². The number of carbonyl (C=O) groups excluding carboxylic acids is 1. The molecule has 4 aromatic rings. The van der Waals surface area contributed by atoms with Crippen LogP contribution < -0.4 is 15.4 Å². The van der Waals surface area contributed by atoms with Gasteiger partial charge in [0.05, 0.1) is 4.90 Å². The van der Waals surface area contributed by atoms with Crippen molar-refractivity contribution < 1.29 is 13.2 Å².